The average Bonchev–Trinajstić information content (AvgIpc) is 2.47. The van der Waals surface area contributed by atoms with Crippen molar-refractivity contribution in [3.05, 3.63) is 72.7 Å². The van der Waals surface area contributed by atoms with Gasteiger partial charge in [-0.05, 0) is 68.1 Å². The Kier molecular flexibility index (Phi) is 5.90. The van der Waals surface area contributed by atoms with E-state index in [4.69, 9.17) is 0 Å². The maximum Gasteiger partial charge on any atom is 0.269 e. The number of halogens is 2. The highest BCUT2D eigenvalue weighted by atomic mass is 79.9. The van der Waals surface area contributed by atoms with Gasteiger partial charge in [0.15, 0.2) is 0 Å². The third-order valence-corrected chi connectivity index (χ3v) is 4.93. The van der Waals surface area contributed by atoms with Gasteiger partial charge in [0, 0.05) is 27.6 Å². The molecule has 0 heterocycles. The number of rotatable bonds is 6. The Balaban J connectivity index is 1.79. The third-order valence-electron chi connectivity index (χ3n) is 3.05. The lowest BCUT2D eigenvalue weighted by molar-refractivity contribution is -0.384. The summed E-state index contributed by atoms with van der Waals surface area (Å²) in [7, 11) is 0. The zero-order valence-electron chi connectivity index (χ0n) is 11.2. The van der Waals surface area contributed by atoms with Gasteiger partial charge in [0.1, 0.15) is 0 Å². The molecule has 6 heteroatoms. The first-order valence-electron chi connectivity index (χ1n) is 6.44. The van der Waals surface area contributed by atoms with Gasteiger partial charge in [0.2, 0.25) is 0 Å². The molecule has 110 valence electrons. The third kappa shape index (κ3) is 4.91. The van der Waals surface area contributed by atoms with Crippen LogP contribution in [0.5, 0.6) is 0 Å². The fourth-order valence-corrected chi connectivity index (χ4v) is 2.57. The molecule has 2 aromatic rings. The second-order valence-corrected chi connectivity index (χ2v) is 6.31. The van der Waals surface area contributed by atoms with Crippen LogP contribution in [-0.2, 0) is 13.0 Å². The molecule has 0 radical (unpaired) electrons. The van der Waals surface area contributed by atoms with Crippen LogP contribution in [0, 0.1) is 10.1 Å². The quantitative estimate of drug-likeness (QED) is 0.432. The average molecular weight is 414 g/mol. The molecular weight excluding hydrogens is 400 g/mol. The van der Waals surface area contributed by atoms with Gasteiger partial charge < -0.3 is 5.32 Å². The lowest BCUT2D eigenvalue weighted by Gasteiger charge is -2.06. The van der Waals surface area contributed by atoms with E-state index in [0.29, 0.717) is 0 Å². The van der Waals surface area contributed by atoms with Crippen molar-refractivity contribution in [2.24, 2.45) is 0 Å². The smallest absolute Gasteiger partial charge is 0.269 e. The fraction of sp³-hybridized carbons (Fsp3) is 0.200. The molecule has 0 aromatic heterocycles. The molecule has 0 amide bonds. The van der Waals surface area contributed by atoms with E-state index >= 15 is 0 Å². The molecule has 0 aliphatic heterocycles. The molecule has 4 nitrogen and oxygen atoms in total. The zero-order chi connectivity index (χ0) is 15.2. The molecule has 0 fully saturated rings. The maximum absolute atomic E-state index is 10.6. The predicted octanol–water partition coefficient (Wildman–Crippen LogP) is 4.45. The van der Waals surface area contributed by atoms with Gasteiger partial charge in [0.25, 0.3) is 5.69 Å². The van der Waals surface area contributed by atoms with Gasteiger partial charge in [-0.3, -0.25) is 10.1 Å². The lowest BCUT2D eigenvalue weighted by Crippen LogP contribution is -2.16. The topological polar surface area (TPSA) is 55.2 Å². The first-order chi connectivity index (χ1) is 10.1. The molecule has 0 saturated heterocycles. The molecule has 0 atom stereocenters. The number of benzene rings is 2. The number of non-ortho nitro benzene ring substituents is 1. The number of nitro groups is 1. The minimum atomic E-state index is -0.382. The molecule has 1 N–H and O–H groups in total. The normalized spacial score (nSPS) is 10.6. The monoisotopic (exact) mass is 412 g/mol. The molecule has 0 aliphatic carbocycles. The largest absolute Gasteiger partial charge is 0.312 e. The van der Waals surface area contributed by atoms with Crippen molar-refractivity contribution in [3.8, 4) is 0 Å². The van der Waals surface area contributed by atoms with Crippen molar-refractivity contribution >= 4 is 37.5 Å². The van der Waals surface area contributed by atoms with Gasteiger partial charge in [0.05, 0.1) is 4.92 Å². The summed E-state index contributed by atoms with van der Waals surface area (Å²) < 4.78 is 2.08. The van der Waals surface area contributed by atoms with Crippen molar-refractivity contribution in [1.82, 2.24) is 5.32 Å². The summed E-state index contributed by atoms with van der Waals surface area (Å²) in [4.78, 5) is 10.2. The number of nitrogens with zero attached hydrogens (tertiary/aromatic N) is 1. The fourth-order valence-electron chi connectivity index (χ4n) is 1.90. The van der Waals surface area contributed by atoms with Crippen LogP contribution < -0.4 is 5.32 Å². The minimum Gasteiger partial charge on any atom is -0.312 e. The van der Waals surface area contributed by atoms with Crippen LogP contribution >= 0.6 is 31.9 Å². The summed E-state index contributed by atoms with van der Waals surface area (Å²) in [5.41, 5.74) is 2.42. The van der Waals surface area contributed by atoms with E-state index in [0.717, 1.165) is 34.0 Å². The summed E-state index contributed by atoms with van der Waals surface area (Å²) in [5, 5.41) is 13.9. The molecule has 21 heavy (non-hydrogen) atoms. The van der Waals surface area contributed by atoms with Gasteiger partial charge in [-0.25, -0.2) is 0 Å². The van der Waals surface area contributed by atoms with E-state index < -0.39 is 0 Å². The second-order valence-electron chi connectivity index (χ2n) is 4.60. The van der Waals surface area contributed by atoms with Crippen molar-refractivity contribution in [3.63, 3.8) is 0 Å². The van der Waals surface area contributed by atoms with E-state index in [-0.39, 0.29) is 10.6 Å². The molecule has 0 saturated carbocycles. The standard InChI is InChI=1S/C15H14Br2N2O2/c16-14-6-3-12(9-15(14)17)10-18-8-7-11-1-4-13(5-2-11)19(20)21/h1-6,9,18H,7-8,10H2. The van der Waals surface area contributed by atoms with E-state index in [1.165, 1.54) is 5.56 Å². The number of hydrogen-bond donors (Lipinski definition) is 1. The Labute approximate surface area is 140 Å². The first kappa shape index (κ1) is 16.1. The first-order valence-corrected chi connectivity index (χ1v) is 8.03. The van der Waals surface area contributed by atoms with Crippen molar-refractivity contribution in [2.75, 3.05) is 6.54 Å². The summed E-state index contributed by atoms with van der Waals surface area (Å²) in [6.45, 7) is 1.62. The van der Waals surface area contributed by atoms with Crippen LogP contribution in [0.1, 0.15) is 11.1 Å². The summed E-state index contributed by atoms with van der Waals surface area (Å²) >= 11 is 6.92. The van der Waals surface area contributed by atoms with Gasteiger partial charge in [-0.1, -0.05) is 18.2 Å². The Morgan fingerprint density at radius 3 is 2.29 bits per heavy atom. The van der Waals surface area contributed by atoms with Crippen LogP contribution in [0.15, 0.2) is 51.4 Å². The van der Waals surface area contributed by atoms with Crippen LogP contribution in [0.25, 0.3) is 0 Å². The second kappa shape index (κ2) is 7.68. The minimum absolute atomic E-state index is 0.131. The summed E-state index contributed by atoms with van der Waals surface area (Å²) in [6.07, 6.45) is 0.843. The number of hydrogen-bond acceptors (Lipinski definition) is 3. The van der Waals surface area contributed by atoms with Crippen molar-refractivity contribution in [2.45, 2.75) is 13.0 Å². The molecule has 0 spiro atoms. The van der Waals surface area contributed by atoms with E-state index in [9.17, 15) is 10.1 Å². The number of nitro benzene ring substituents is 1. The van der Waals surface area contributed by atoms with E-state index in [1.54, 1.807) is 24.3 Å². The Hall–Kier alpha value is -1.24. The Morgan fingerprint density at radius 2 is 1.67 bits per heavy atom. The lowest BCUT2D eigenvalue weighted by atomic mass is 10.1. The van der Waals surface area contributed by atoms with E-state index in [2.05, 4.69) is 49.3 Å². The predicted molar refractivity (Wildman–Crippen MR) is 90.3 cm³/mol. The van der Waals surface area contributed by atoms with Crippen LogP contribution in [-0.4, -0.2) is 11.5 Å². The Morgan fingerprint density at radius 1 is 1.00 bits per heavy atom. The van der Waals surface area contributed by atoms with E-state index in [1.807, 2.05) is 6.07 Å². The van der Waals surface area contributed by atoms with Crippen LogP contribution in [0.2, 0.25) is 0 Å². The molecule has 2 aromatic carbocycles. The van der Waals surface area contributed by atoms with Gasteiger partial charge in [-0.15, -0.1) is 0 Å². The van der Waals surface area contributed by atoms with Gasteiger partial charge in [-0.2, -0.15) is 0 Å². The summed E-state index contributed by atoms with van der Waals surface area (Å²) in [5.74, 6) is 0. The summed E-state index contributed by atoms with van der Waals surface area (Å²) in [6, 6.07) is 12.8. The SMILES string of the molecule is O=[N+]([O-])c1ccc(CCNCc2ccc(Br)c(Br)c2)cc1. The van der Waals surface area contributed by atoms with Crippen molar-refractivity contribution < 1.29 is 4.92 Å². The molecule has 0 aliphatic rings. The maximum atomic E-state index is 10.6. The number of nitrogens with one attached hydrogen (secondary N) is 1. The molecular formula is C15H14Br2N2O2. The highest BCUT2D eigenvalue weighted by Gasteiger charge is 2.03. The molecule has 0 unspecified atom stereocenters. The van der Waals surface area contributed by atoms with Crippen molar-refractivity contribution in [1.29, 1.82) is 0 Å². The highest BCUT2D eigenvalue weighted by Crippen LogP contribution is 2.23. The molecule has 0 bridgehead atoms. The highest BCUT2D eigenvalue weighted by molar-refractivity contribution is 9.13. The molecule has 2 rings (SSSR count). The Bertz CT molecular complexity index is 630. The van der Waals surface area contributed by atoms with Gasteiger partial charge >= 0.3 is 0 Å². The van der Waals surface area contributed by atoms with Crippen LogP contribution in [0.4, 0.5) is 5.69 Å². The zero-order valence-corrected chi connectivity index (χ0v) is 14.4. The van der Waals surface area contributed by atoms with Crippen LogP contribution in [0.3, 0.4) is 0 Å².